The summed E-state index contributed by atoms with van der Waals surface area (Å²) in [5, 5.41) is 23.2. The van der Waals surface area contributed by atoms with E-state index in [9.17, 15) is 15.2 Å². The van der Waals surface area contributed by atoms with Gasteiger partial charge in [0, 0.05) is 24.6 Å². The first kappa shape index (κ1) is 13.0. The second-order valence-corrected chi connectivity index (χ2v) is 4.81. The summed E-state index contributed by atoms with van der Waals surface area (Å²) in [6.45, 7) is 0.127. The van der Waals surface area contributed by atoms with E-state index in [0.29, 0.717) is 5.82 Å². The van der Waals surface area contributed by atoms with Crippen molar-refractivity contribution in [3.8, 4) is 0 Å². The van der Waals surface area contributed by atoms with Gasteiger partial charge in [0.05, 0.1) is 9.95 Å². The van der Waals surface area contributed by atoms with Gasteiger partial charge in [0.1, 0.15) is 12.0 Å². The van der Waals surface area contributed by atoms with Crippen molar-refractivity contribution in [1.82, 2.24) is 4.98 Å². The van der Waals surface area contributed by atoms with Crippen LogP contribution in [0.2, 0.25) is 5.02 Å². The second kappa shape index (κ2) is 5.49. The number of nitrogens with zero attached hydrogens (tertiary/aromatic N) is 2. The van der Waals surface area contributed by atoms with Crippen LogP contribution in [0.1, 0.15) is 19.3 Å². The molecule has 2 N–H and O–H groups in total. The molecule has 1 aliphatic rings. The van der Waals surface area contributed by atoms with Crippen molar-refractivity contribution in [1.29, 1.82) is 0 Å². The highest BCUT2D eigenvalue weighted by atomic mass is 35.5. The first-order valence-corrected chi connectivity index (χ1v) is 6.17. The number of hydrogen-bond donors (Lipinski definition) is 2. The molecule has 6 nitrogen and oxygen atoms in total. The molecule has 0 spiro atoms. The Bertz CT molecular complexity index is 455. The zero-order valence-corrected chi connectivity index (χ0v) is 10.4. The van der Waals surface area contributed by atoms with E-state index in [4.69, 9.17) is 11.6 Å². The molecule has 2 atom stereocenters. The Labute approximate surface area is 109 Å². The van der Waals surface area contributed by atoms with E-state index in [0.717, 1.165) is 19.3 Å². The Hall–Kier alpha value is -1.40. The third-order valence-corrected chi connectivity index (χ3v) is 3.54. The van der Waals surface area contributed by atoms with Crippen LogP contribution in [0.25, 0.3) is 0 Å². The van der Waals surface area contributed by atoms with Gasteiger partial charge in [-0.05, 0) is 12.8 Å². The fraction of sp³-hybridized carbons (Fsp3) is 0.545. The molecule has 1 heterocycles. The average molecular weight is 272 g/mol. The summed E-state index contributed by atoms with van der Waals surface area (Å²) in [4.78, 5) is 14.0. The summed E-state index contributed by atoms with van der Waals surface area (Å²) in [6.07, 6.45) is 4.14. The average Bonchev–Trinajstić information content (AvgIpc) is 2.78. The Balaban J connectivity index is 2.12. The predicted octanol–water partition coefficient (Wildman–Crippen LogP) is 2.22. The minimum absolute atomic E-state index is 0.126. The summed E-state index contributed by atoms with van der Waals surface area (Å²) >= 11 is 5.95. The quantitative estimate of drug-likeness (QED) is 0.647. The fourth-order valence-electron chi connectivity index (χ4n) is 2.25. The first-order valence-electron chi connectivity index (χ1n) is 5.79. The van der Waals surface area contributed by atoms with Crippen LogP contribution in [0.3, 0.4) is 0 Å². The lowest BCUT2D eigenvalue weighted by Crippen LogP contribution is -2.26. The van der Waals surface area contributed by atoms with Gasteiger partial charge in [-0.2, -0.15) is 0 Å². The minimum Gasteiger partial charge on any atom is -0.396 e. The fourth-order valence-corrected chi connectivity index (χ4v) is 2.47. The van der Waals surface area contributed by atoms with Gasteiger partial charge >= 0.3 is 0 Å². The second-order valence-electron chi connectivity index (χ2n) is 4.41. The highest BCUT2D eigenvalue weighted by Gasteiger charge is 2.27. The molecule has 1 saturated carbocycles. The highest BCUT2D eigenvalue weighted by molar-refractivity contribution is 6.33. The van der Waals surface area contributed by atoms with Crippen molar-refractivity contribution in [2.45, 2.75) is 25.3 Å². The van der Waals surface area contributed by atoms with E-state index in [1.807, 2.05) is 0 Å². The van der Waals surface area contributed by atoms with Gasteiger partial charge < -0.3 is 10.4 Å². The van der Waals surface area contributed by atoms with Crippen LogP contribution in [0.4, 0.5) is 11.5 Å². The molecule has 0 saturated heterocycles. The lowest BCUT2D eigenvalue weighted by atomic mass is 10.1. The summed E-state index contributed by atoms with van der Waals surface area (Å²) in [7, 11) is 0. The number of rotatable bonds is 4. The number of hydrogen-bond acceptors (Lipinski definition) is 5. The van der Waals surface area contributed by atoms with E-state index in [1.54, 1.807) is 0 Å². The number of halogens is 1. The summed E-state index contributed by atoms with van der Waals surface area (Å²) < 4.78 is 0. The van der Waals surface area contributed by atoms with Crippen molar-refractivity contribution in [2.75, 3.05) is 11.9 Å². The van der Waals surface area contributed by atoms with Crippen LogP contribution in [0, 0.1) is 16.0 Å². The molecule has 0 aliphatic heterocycles. The zero-order valence-electron chi connectivity index (χ0n) is 9.67. The zero-order chi connectivity index (χ0) is 13.1. The molecule has 0 aromatic carbocycles. The Morgan fingerprint density at radius 3 is 3.00 bits per heavy atom. The molecule has 1 aliphatic carbocycles. The third-order valence-electron chi connectivity index (χ3n) is 3.25. The summed E-state index contributed by atoms with van der Waals surface area (Å²) in [5.41, 5.74) is -0.129. The molecule has 98 valence electrons. The first-order chi connectivity index (χ1) is 8.61. The third kappa shape index (κ3) is 2.70. The summed E-state index contributed by atoms with van der Waals surface area (Å²) in [6, 6.07) is 1.40. The lowest BCUT2D eigenvalue weighted by Gasteiger charge is -2.19. The van der Waals surface area contributed by atoms with E-state index in [-0.39, 0.29) is 29.3 Å². The van der Waals surface area contributed by atoms with Crippen molar-refractivity contribution in [3.63, 3.8) is 0 Å². The van der Waals surface area contributed by atoms with Crippen LogP contribution in [-0.2, 0) is 0 Å². The molecule has 7 heteroatoms. The maximum atomic E-state index is 10.6. The minimum atomic E-state index is -0.533. The molecular weight excluding hydrogens is 258 g/mol. The molecule has 2 rings (SSSR count). The largest absolute Gasteiger partial charge is 0.396 e. The standard InChI is InChI=1S/C11H14ClN3O3/c12-9-4-8(15(17)18)5-13-11(9)14-10-3-1-2-7(10)6-16/h4-5,7,10,16H,1-3,6H2,(H,13,14). The molecule has 0 bridgehead atoms. The van der Waals surface area contributed by atoms with Crippen LogP contribution < -0.4 is 5.32 Å². The monoisotopic (exact) mass is 271 g/mol. The van der Waals surface area contributed by atoms with Gasteiger partial charge in [-0.1, -0.05) is 18.0 Å². The number of pyridine rings is 1. The molecule has 0 amide bonds. The number of nitro groups is 1. The maximum absolute atomic E-state index is 10.6. The van der Waals surface area contributed by atoms with Crippen molar-refractivity contribution in [3.05, 3.63) is 27.4 Å². The van der Waals surface area contributed by atoms with Crippen LogP contribution in [0.15, 0.2) is 12.3 Å². The van der Waals surface area contributed by atoms with Crippen molar-refractivity contribution in [2.24, 2.45) is 5.92 Å². The molecule has 0 radical (unpaired) electrons. The Morgan fingerprint density at radius 1 is 1.61 bits per heavy atom. The molecular formula is C11H14ClN3O3. The number of aliphatic hydroxyl groups excluding tert-OH is 1. The maximum Gasteiger partial charge on any atom is 0.289 e. The normalized spacial score (nSPS) is 23.0. The van der Waals surface area contributed by atoms with E-state index >= 15 is 0 Å². The van der Waals surface area contributed by atoms with Gasteiger partial charge in [-0.25, -0.2) is 4.98 Å². The smallest absolute Gasteiger partial charge is 0.289 e. The number of anilines is 1. The van der Waals surface area contributed by atoms with Gasteiger partial charge in [-0.15, -0.1) is 0 Å². The number of aromatic nitrogens is 1. The number of aliphatic hydroxyl groups is 1. The van der Waals surface area contributed by atoms with Crippen LogP contribution in [-0.4, -0.2) is 27.7 Å². The molecule has 1 aromatic heterocycles. The van der Waals surface area contributed by atoms with Gasteiger partial charge in [0.2, 0.25) is 0 Å². The topological polar surface area (TPSA) is 88.3 Å². The molecule has 18 heavy (non-hydrogen) atoms. The van der Waals surface area contributed by atoms with Gasteiger partial charge in [-0.3, -0.25) is 10.1 Å². The number of nitrogens with one attached hydrogen (secondary N) is 1. The highest BCUT2D eigenvalue weighted by Crippen LogP contribution is 2.31. The van der Waals surface area contributed by atoms with E-state index < -0.39 is 4.92 Å². The van der Waals surface area contributed by atoms with Crippen LogP contribution >= 0.6 is 11.6 Å². The lowest BCUT2D eigenvalue weighted by molar-refractivity contribution is -0.385. The van der Waals surface area contributed by atoms with E-state index in [1.165, 1.54) is 12.3 Å². The van der Waals surface area contributed by atoms with Crippen LogP contribution in [0.5, 0.6) is 0 Å². The van der Waals surface area contributed by atoms with Gasteiger partial charge in [0.25, 0.3) is 5.69 Å². The Morgan fingerprint density at radius 2 is 2.39 bits per heavy atom. The van der Waals surface area contributed by atoms with E-state index in [2.05, 4.69) is 10.3 Å². The predicted molar refractivity (Wildman–Crippen MR) is 67.7 cm³/mol. The molecule has 1 aromatic rings. The SMILES string of the molecule is O=[N+]([O-])c1cnc(NC2CCCC2CO)c(Cl)c1. The van der Waals surface area contributed by atoms with Crippen molar-refractivity contribution >= 4 is 23.1 Å². The van der Waals surface area contributed by atoms with Crippen molar-refractivity contribution < 1.29 is 10.0 Å². The van der Waals surface area contributed by atoms with Gasteiger partial charge in [0.15, 0.2) is 0 Å². The molecule has 1 fully saturated rings. The summed E-state index contributed by atoms with van der Waals surface area (Å²) in [5.74, 6) is 0.630. The Kier molecular flexibility index (Phi) is 3.98. The molecule has 2 unspecified atom stereocenters.